The number of fused-ring (bicyclic) bond motifs is 1. The Bertz CT molecular complexity index is 616. The highest BCUT2D eigenvalue weighted by atomic mass is 35.5. The van der Waals surface area contributed by atoms with E-state index in [0.29, 0.717) is 28.6 Å². The van der Waals surface area contributed by atoms with Crippen molar-refractivity contribution in [1.82, 2.24) is 0 Å². The van der Waals surface area contributed by atoms with Crippen LogP contribution < -0.4 is 14.2 Å². The van der Waals surface area contributed by atoms with Crippen LogP contribution in [0.15, 0.2) is 36.4 Å². The van der Waals surface area contributed by atoms with E-state index in [2.05, 4.69) is 0 Å². The highest BCUT2D eigenvalue weighted by Gasteiger charge is 2.14. The summed E-state index contributed by atoms with van der Waals surface area (Å²) in [4.78, 5) is 0. The van der Waals surface area contributed by atoms with Gasteiger partial charge in [-0.15, -0.1) is 11.6 Å². The number of rotatable bonds is 3. The zero-order valence-electron chi connectivity index (χ0n) is 9.86. The van der Waals surface area contributed by atoms with E-state index in [1.165, 1.54) is 12.1 Å². The second-order valence-corrected chi connectivity index (χ2v) is 4.31. The van der Waals surface area contributed by atoms with Gasteiger partial charge >= 0.3 is 0 Å². The van der Waals surface area contributed by atoms with Crippen molar-refractivity contribution >= 4 is 11.6 Å². The SMILES string of the molecule is Fc1cc(CCl)cc(Oc2ccc3c(c2)OCO3)c1. The fourth-order valence-corrected chi connectivity index (χ4v) is 1.99. The molecule has 0 spiro atoms. The number of halogens is 2. The third-order valence-electron chi connectivity index (χ3n) is 2.67. The average molecular weight is 281 g/mol. The Morgan fingerprint density at radius 2 is 1.89 bits per heavy atom. The fourth-order valence-electron chi connectivity index (χ4n) is 1.83. The van der Waals surface area contributed by atoms with Gasteiger partial charge in [0.1, 0.15) is 17.3 Å². The largest absolute Gasteiger partial charge is 0.457 e. The summed E-state index contributed by atoms with van der Waals surface area (Å²) in [5, 5.41) is 0. The molecule has 2 aromatic carbocycles. The molecule has 0 unspecified atom stereocenters. The molecule has 0 bridgehead atoms. The average Bonchev–Trinajstić information content (AvgIpc) is 2.85. The van der Waals surface area contributed by atoms with Crippen LogP contribution in [-0.2, 0) is 5.88 Å². The van der Waals surface area contributed by atoms with Crippen LogP contribution in [0.3, 0.4) is 0 Å². The molecule has 98 valence electrons. The predicted octanol–water partition coefficient (Wildman–Crippen LogP) is 4.09. The summed E-state index contributed by atoms with van der Waals surface area (Å²) < 4.78 is 29.4. The second-order valence-electron chi connectivity index (χ2n) is 4.05. The van der Waals surface area contributed by atoms with E-state index in [-0.39, 0.29) is 18.5 Å². The van der Waals surface area contributed by atoms with Gasteiger partial charge in [-0.25, -0.2) is 4.39 Å². The first kappa shape index (κ1) is 12.1. The first-order valence-electron chi connectivity index (χ1n) is 5.67. The maximum atomic E-state index is 13.4. The number of hydrogen-bond acceptors (Lipinski definition) is 3. The van der Waals surface area contributed by atoms with E-state index < -0.39 is 0 Å². The van der Waals surface area contributed by atoms with Crippen LogP contribution in [-0.4, -0.2) is 6.79 Å². The quantitative estimate of drug-likeness (QED) is 0.793. The van der Waals surface area contributed by atoms with Crippen molar-refractivity contribution in [2.75, 3.05) is 6.79 Å². The van der Waals surface area contributed by atoms with Crippen LogP contribution in [0.1, 0.15) is 5.56 Å². The lowest BCUT2D eigenvalue weighted by Crippen LogP contribution is -1.92. The maximum Gasteiger partial charge on any atom is 0.231 e. The van der Waals surface area contributed by atoms with E-state index in [1.54, 1.807) is 24.3 Å². The summed E-state index contributed by atoms with van der Waals surface area (Å²) in [5.74, 6) is 2.09. The molecule has 3 rings (SSSR count). The van der Waals surface area contributed by atoms with Gasteiger partial charge in [0.2, 0.25) is 6.79 Å². The molecule has 0 aromatic heterocycles. The van der Waals surface area contributed by atoms with Gasteiger partial charge in [-0.05, 0) is 29.8 Å². The normalized spacial score (nSPS) is 12.5. The Morgan fingerprint density at radius 1 is 1.05 bits per heavy atom. The molecule has 0 saturated carbocycles. The minimum Gasteiger partial charge on any atom is -0.457 e. The lowest BCUT2D eigenvalue weighted by atomic mass is 10.2. The van der Waals surface area contributed by atoms with Crippen LogP contribution in [0.25, 0.3) is 0 Å². The predicted molar refractivity (Wildman–Crippen MR) is 68.6 cm³/mol. The summed E-state index contributed by atoms with van der Waals surface area (Å²) in [5.41, 5.74) is 0.664. The standard InChI is InChI=1S/C14H10ClFO3/c15-7-9-3-10(16)5-12(4-9)19-11-1-2-13-14(6-11)18-8-17-13/h1-6H,7-8H2. The molecule has 0 radical (unpaired) electrons. The number of alkyl halides is 1. The summed E-state index contributed by atoms with van der Waals surface area (Å²) >= 11 is 5.69. The van der Waals surface area contributed by atoms with Gasteiger partial charge < -0.3 is 14.2 Å². The Morgan fingerprint density at radius 3 is 2.74 bits per heavy atom. The summed E-state index contributed by atoms with van der Waals surface area (Å²) in [6, 6.07) is 9.56. The Hall–Kier alpha value is -1.94. The molecule has 0 atom stereocenters. The van der Waals surface area contributed by atoms with E-state index in [0.717, 1.165) is 0 Å². The molecule has 0 fully saturated rings. The van der Waals surface area contributed by atoms with Crippen LogP contribution in [0, 0.1) is 5.82 Å². The Labute approximate surface area is 114 Å². The smallest absolute Gasteiger partial charge is 0.231 e. The third kappa shape index (κ3) is 2.58. The summed E-state index contributed by atoms with van der Waals surface area (Å²) in [6.45, 7) is 0.204. The lowest BCUT2D eigenvalue weighted by molar-refractivity contribution is 0.174. The van der Waals surface area contributed by atoms with Crippen LogP contribution in [0.2, 0.25) is 0 Å². The topological polar surface area (TPSA) is 27.7 Å². The van der Waals surface area contributed by atoms with Gasteiger partial charge in [-0.3, -0.25) is 0 Å². The van der Waals surface area contributed by atoms with E-state index in [1.807, 2.05) is 0 Å². The highest BCUT2D eigenvalue weighted by Crippen LogP contribution is 2.36. The van der Waals surface area contributed by atoms with Crippen molar-refractivity contribution in [1.29, 1.82) is 0 Å². The highest BCUT2D eigenvalue weighted by molar-refractivity contribution is 6.17. The Balaban J connectivity index is 1.86. The van der Waals surface area contributed by atoms with Gasteiger partial charge in [0.15, 0.2) is 11.5 Å². The molecular weight excluding hydrogens is 271 g/mol. The monoisotopic (exact) mass is 280 g/mol. The van der Waals surface area contributed by atoms with Crippen molar-refractivity contribution in [3.05, 3.63) is 47.8 Å². The molecule has 0 saturated heterocycles. The molecule has 2 aromatic rings. The van der Waals surface area contributed by atoms with Gasteiger partial charge in [0, 0.05) is 18.0 Å². The van der Waals surface area contributed by atoms with Crippen LogP contribution in [0.5, 0.6) is 23.0 Å². The zero-order valence-corrected chi connectivity index (χ0v) is 10.6. The van der Waals surface area contributed by atoms with E-state index >= 15 is 0 Å². The Kier molecular flexibility index (Phi) is 3.17. The number of ether oxygens (including phenoxy) is 3. The molecule has 1 heterocycles. The minimum absolute atomic E-state index is 0.204. The van der Waals surface area contributed by atoms with Gasteiger partial charge in [0.05, 0.1) is 0 Å². The number of hydrogen-bond donors (Lipinski definition) is 0. The lowest BCUT2D eigenvalue weighted by Gasteiger charge is -2.08. The molecular formula is C14H10ClFO3. The van der Waals surface area contributed by atoms with Crippen LogP contribution >= 0.6 is 11.6 Å². The molecule has 0 N–H and O–H groups in total. The summed E-state index contributed by atoms with van der Waals surface area (Å²) in [6.07, 6.45) is 0. The zero-order chi connectivity index (χ0) is 13.2. The molecule has 0 amide bonds. The van der Waals surface area contributed by atoms with Gasteiger partial charge in [-0.1, -0.05) is 0 Å². The molecule has 0 aliphatic carbocycles. The van der Waals surface area contributed by atoms with E-state index in [4.69, 9.17) is 25.8 Å². The molecule has 1 aliphatic heterocycles. The van der Waals surface area contributed by atoms with Crippen molar-refractivity contribution in [3.8, 4) is 23.0 Å². The van der Waals surface area contributed by atoms with Crippen molar-refractivity contribution < 1.29 is 18.6 Å². The molecule has 5 heteroatoms. The fraction of sp³-hybridized carbons (Fsp3) is 0.143. The van der Waals surface area contributed by atoms with Gasteiger partial charge in [0.25, 0.3) is 0 Å². The third-order valence-corrected chi connectivity index (χ3v) is 2.97. The molecule has 19 heavy (non-hydrogen) atoms. The van der Waals surface area contributed by atoms with Crippen molar-refractivity contribution in [3.63, 3.8) is 0 Å². The van der Waals surface area contributed by atoms with E-state index in [9.17, 15) is 4.39 Å². The first-order valence-corrected chi connectivity index (χ1v) is 6.21. The number of benzene rings is 2. The second kappa shape index (κ2) is 4.97. The van der Waals surface area contributed by atoms with Crippen LogP contribution in [0.4, 0.5) is 4.39 Å². The van der Waals surface area contributed by atoms with Crippen molar-refractivity contribution in [2.45, 2.75) is 5.88 Å². The van der Waals surface area contributed by atoms with Crippen molar-refractivity contribution in [2.24, 2.45) is 0 Å². The minimum atomic E-state index is -0.381. The van der Waals surface area contributed by atoms with Gasteiger partial charge in [-0.2, -0.15) is 0 Å². The molecule has 3 nitrogen and oxygen atoms in total. The summed E-state index contributed by atoms with van der Waals surface area (Å²) in [7, 11) is 0. The maximum absolute atomic E-state index is 13.4. The first-order chi connectivity index (χ1) is 9.24. The molecule has 1 aliphatic rings.